The lowest BCUT2D eigenvalue weighted by Crippen LogP contribution is -2.47. The van der Waals surface area contributed by atoms with Crippen LogP contribution in [0.4, 0.5) is 0 Å². The second kappa shape index (κ2) is 2.22. The second-order valence-corrected chi connectivity index (χ2v) is 2.74. The van der Waals surface area contributed by atoms with Gasteiger partial charge in [0.1, 0.15) is 0 Å². The molecule has 0 aromatic carbocycles. The molecular weight excluding hydrogens is 118 g/mol. The van der Waals surface area contributed by atoms with Gasteiger partial charge in [0.25, 0.3) is 0 Å². The van der Waals surface area contributed by atoms with Crippen molar-refractivity contribution in [1.29, 1.82) is 0 Å². The Labute approximate surface area is 54.4 Å². The molecule has 0 saturated carbocycles. The maximum absolute atomic E-state index is 8.74. The Hall–Kier alpha value is -0.160. The summed E-state index contributed by atoms with van der Waals surface area (Å²) in [6.07, 6.45) is 0.792. The van der Waals surface area contributed by atoms with Crippen LogP contribution in [0.1, 0.15) is 6.42 Å². The molecular formula is C5H13N3O. The number of aliphatic hydroxyl groups is 1. The van der Waals surface area contributed by atoms with Crippen molar-refractivity contribution in [2.75, 3.05) is 19.7 Å². The SMILES string of the molecule is NN1CCC(N)(CO)C1. The Morgan fingerprint density at radius 2 is 2.33 bits per heavy atom. The smallest absolute Gasteiger partial charge is 0.0624 e. The average molecular weight is 131 g/mol. The lowest BCUT2D eigenvalue weighted by atomic mass is 10.0. The quantitative estimate of drug-likeness (QED) is 0.369. The molecule has 1 aliphatic heterocycles. The van der Waals surface area contributed by atoms with Gasteiger partial charge in [-0.2, -0.15) is 0 Å². The van der Waals surface area contributed by atoms with Crippen molar-refractivity contribution >= 4 is 0 Å². The minimum absolute atomic E-state index is 0.0285. The monoisotopic (exact) mass is 131 g/mol. The summed E-state index contributed by atoms with van der Waals surface area (Å²) in [5.41, 5.74) is 5.24. The van der Waals surface area contributed by atoms with E-state index in [2.05, 4.69) is 0 Å². The fourth-order valence-corrected chi connectivity index (χ4v) is 1.06. The van der Waals surface area contributed by atoms with Crippen LogP contribution < -0.4 is 11.6 Å². The van der Waals surface area contributed by atoms with E-state index in [0.717, 1.165) is 13.0 Å². The Morgan fingerprint density at radius 1 is 1.67 bits per heavy atom. The third-order valence-corrected chi connectivity index (χ3v) is 1.73. The third kappa shape index (κ3) is 1.40. The van der Waals surface area contributed by atoms with Crippen LogP contribution in [0.25, 0.3) is 0 Å². The zero-order valence-electron chi connectivity index (χ0n) is 5.38. The standard InChI is InChI=1S/C5H13N3O/c6-5(4-9)1-2-8(7)3-5/h9H,1-4,6-7H2. The van der Waals surface area contributed by atoms with Crippen LogP contribution in [0.3, 0.4) is 0 Å². The number of nitrogens with two attached hydrogens (primary N) is 2. The zero-order valence-corrected chi connectivity index (χ0v) is 5.38. The highest BCUT2D eigenvalue weighted by Crippen LogP contribution is 2.13. The molecule has 1 saturated heterocycles. The summed E-state index contributed by atoms with van der Waals surface area (Å²) < 4.78 is 0. The van der Waals surface area contributed by atoms with Gasteiger partial charge in [0.05, 0.1) is 12.1 Å². The number of nitrogens with zero attached hydrogens (tertiary/aromatic N) is 1. The molecule has 4 heteroatoms. The lowest BCUT2D eigenvalue weighted by Gasteiger charge is -2.19. The predicted octanol–water partition coefficient (Wildman–Crippen LogP) is -1.74. The number of hydrogen-bond acceptors (Lipinski definition) is 4. The second-order valence-electron chi connectivity index (χ2n) is 2.74. The molecule has 1 rings (SSSR count). The van der Waals surface area contributed by atoms with E-state index >= 15 is 0 Å². The molecule has 0 aromatic heterocycles. The van der Waals surface area contributed by atoms with E-state index in [1.807, 2.05) is 0 Å². The Kier molecular flexibility index (Phi) is 1.72. The maximum atomic E-state index is 8.74. The summed E-state index contributed by atoms with van der Waals surface area (Å²) >= 11 is 0. The van der Waals surface area contributed by atoms with Crippen LogP contribution in [-0.4, -0.2) is 35.4 Å². The van der Waals surface area contributed by atoms with Gasteiger partial charge in [-0.3, -0.25) is 5.84 Å². The number of hydrazine groups is 1. The van der Waals surface area contributed by atoms with E-state index in [-0.39, 0.29) is 6.61 Å². The van der Waals surface area contributed by atoms with Gasteiger partial charge in [-0.25, -0.2) is 5.01 Å². The molecule has 1 unspecified atom stereocenters. The van der Waals surface area contributed by atoms with Crippen molar-refractivity contribution in [2.45, 2.75) is 12.0 Å². The first-order valence-corrected chi connectivity index (χ1v) is 3.06. The molecule has 54 valence electrons. The predicted molar refractivity (Wildman–Crippen MR) is 34.4 cm³/mol. The molecule has 1 fully saturated rings. The maximum Gasteiger partial charge on any atom is 0.0624 e. The number of aliphatic hydroxyl groups excluding tert-OH is 1. The van der Waals surface area contributed by atoms with E-state index in [4.69, 9.17) is 16.7 Å². The summed E-state index contributed by atoms with van der Waals surface area (Å²) in [7, 11) is 0. The van der Waals surface area contributed by atoms with Crippen molar-refractivity contribution in [3.05, 3.63) is 0 Å². The Bertz CT molecular complexity index is 108. The van der Waals surface area contributed by atoms with E-state index < -0.39 is 5.54 Å². The van der Waals surface area contributed by atoms with Crippen molar-refractivity contribution < 1.29 is 5.11 Å². The van der Waals surface area contributed by atoms with Gasteiger partial charge in [-0.1, -0.05) is 0 Å². The summed E-state index contributed by atoms with van der Waals surface area (Å²) in [5, 5.41) is 10.4. The van der Waals surface area contributed by atoms with E-state index in [0.29, 0.717) is 6.54 Å². The molecule has 0 bridgehead atoms. The van der Waals surface area contributed by atoms with Crippen LogP contribution in [0.2, 0.25) is 0 Å². The topological polar surface area (TPSA) is 75.5 Å². The number of rotatable bonds is 1. The third-order valence-electron chi connectivity index (χ3n) is 1.73. The number of hydrogen-bond donors (Lipinski definition) is 3. The molecule has 1 heterocycles. The molecule has 9 heavy (non-hydrogen) atoms. The fourth-order valence-electron chi connectivity index (χ4n) is 1.06. The first-order chi connectivity index (χ1) is 4.16. The highest BCUT2D eigenvalue weighted by atomic mass is 16.3. The summed E-state index contributed by atoms with van der Waals surface area (Å²) in [5.74, 6) is 5.43. The van der Waals surface area contributed by atoms with Crippen LogP contribution in [0.5, 0.6) is 0 Å². The van der Waals surface area contributed by atoms with Gasteiger partial charge in [-0.15, -0.1) is 0 Å². The van der Waals surface area contributed by atoms with Crippen LogP contribution in [0.15, 0.2) is 0 Å². The molecule has 0 amide bonds. The summed E-state index contributed by atoms with van der Waals surface area (Å²) in [4.78, 5) is 0. The zero-order chi connectivity index (χ0) is 6.91. The van der Waals surface area contributed by atoms with E-state index in [9.17, 15) is 0 Å². The largest absolute Gasteiger partial charge is 0.394 e. The van der Waals surface area contributed by atoms with Crippen molar-refractivity contribution in [3.63, 3.8) is 0 Å². The minimum atomic E-state index is -0.436. The first kappa shape index (κ1) is 6.95. The highest BCUT2D eigenvalue weighted by Gasteiger charge is 2.31. The van der Waals surface area contributed by atoms with Crippen LogP contribution in [0, 0.1) is 0 Å². The Balaban J connectivity index is 2.45. The molecule has 0 aliphatic carbocycles. The summed E-state index contributed by atoms with van der Waals surface area (Å²) in [6.45, 7) is 1.42. The van der Waals surface area contributed by atoms with Crippen molar-refractivity contribution in [3.8, 4) is 0 Å². The molecule has 0 radical (unpaired) electrons. The van der Waals surface area contributed by atoms with Crippen LogP contribution in [-0.2, 0) is 0 Å². The van der Waals surface area contributed by atoms with Gasteiger partial charge in [-0.05, 0) is 6.42 Å². The molecule has 0 spiro atoms. The van der Waals surface area contributed by atoms with Gasteiger partial charge in [0, 0.05) is 13.1 Å². The minimum Gasteiger partial charge on any atom is -0.394 e. The average Bonchev–Trinajstić information content (AvgIpc) is 2.13. The molecule has 4 nitrogen and oxygen atoms in total. The van der Waals surface area contributed by atoms with Crippen LogP contribution >= 0.6 is 0 Å². The fraction of sp³-hybridized carbons (Fsp3) is 1.00. The van der Waals surface area contributed by atoms with E-state index in [1.165, 1.54) is 0 Å². The Morgan fingerprint density at radius 3 is 2.56 bits per heavy atom. The van der Waals surface area contributed by atoms with Crippen molar-refractivity contribution in [2.24, 2.45) is 11.6 Å². The van der Waals surface area contributed by atoms with Gasteiger partial charge in [0.2, 0.25) is 0 Å². The van der Waals surface area contributed by atoms with Gasteiger partial charge in [0.15, 0.2) is 0 Å². The molecule has 0 aromatic rings. The molecule has 5 N–H and O–H groups in total. The molecule has 1 atom stereocenters. The van der Waals surface area contributed by atoms with Gasteiger partial charge < -0.3 is 10.8 Å². The van der Waals surface area contributed by atoms with Gasteiger partial charge >= 0.3 is 0 Å². The van der Waals surface area contributed by atoms with E-state index in [1.54, 1.807) is 5.01 Å². The highest BCUT2D eigenvalue weighted by molar-refractivity contribution is 4.91. The first-order valence-electron chi connectivity index (χ1n) is 3.06. The summed E-state index contributed by atoms with van der Waals surface area (Å²) in [6, 6.07) is 0. The van der Waals surface area contributed by atoms with Crippen molar-refractivity contribution in [1.82, 2.24) is 5.01 Å². The lowest BCUT2D eigenvalue weighted by molar-refractivity contribution is 0.194. The molecule has 1 aliphatic rings. The normalized spacial score (nSPS) is 37.7.